The second kappa shape index (κ2) is 5.93. The number of halogens is 6. The molecule has 0 radical (unpaired) electrons. The maximum absolute atomic E-state index is 13.0. The van der Waals surface area contributed by atoms with Crippen molar-refractivity contribution in [3.63, 3.8) is 0 Å². The van der Waals surface area contributed by atoms with E-state index in [1.54, 1.807) is 0 Å². The van der Waals surface area contributed by atoms with Crippen LogP contribution in [0.2, 0.25) is 0 Å². The molecule has 0 unspecified atom stereocenters. The summed E-state index contributed by atoms with van der Waals surface area (Å²) in [5, 5.41) is 0. The highest BCUT2D eigenvalue weighted by molar-refractivity contribution is 9.10. The van der Waals surface area contributed by atoms with E-state index in [1.807, 2.05) is 0 Å². The van der Waals surface area contributed by atoms with Gasteiger partial charge in [-0.3, -0.25) is 0 Å². The first-order chi connectivity index (χ1) is 10.7. The van der Waals surface area contributed by atoms with Crippen molar-refractivity contribution >= 4 is 15.9 Å². The van der Waals surface area contributed by atoms with Crippen LogP contribution < -0.4 is 0 Å². The van der Waals surface area contributed by atoms with E-state index in [0.717, 1.165) is 0 Å². The van der Waals surface area contributed by atoms with Crippen molar-refractivity contribution in [3.05, 3.63) is 22.2 Å². The zero-order chi connectivity index (χ0) is 16.8. The van der Waals surface area contributed by atoms with Gasteiger partial charge in [-0.15, -0.1) is 0 Å². The first kappa shape index (κ1) is 17.0. The Morgan fingerprint density at radius 2 is 1.65 bits per heavy atom. The van der Waals surface area contributed by atoms with Gasteiger partial charge in [0.1, 0.15) is 5.82 Å². The molecule has 2 fully saturated rings. The zero-order valence-electron chi connectivity index (χ0n) is 12.2. The largest absolute Gasteiger partial charge is 0.391 e. The Kier molecular flexibility index (Phi) is 4.40. The summed E-state index contributed by atoms with van der Waals surface area (Å²) in [6, 6.07) is 0. The minimum atomic E-state index is -4.14. The standard InChI is InChI=1S/C15H16BrF5N2/c16-11-7-22-13(9-5-14(17,18)6-9)23-12(11)8-1-3-10(4-2-8)15(19,20)21/h7-10H,1-6H2/t8-,10+. The monoisotopic (exact) mass is 398 g/mol. The Balaban J connectivity index is 1.71. The van der Waals surface area contributed by atoms with E-state index in [0.29, 0.717) is 28.8 Å². The Morgan fingerprint density at radius 1 is 1.04 bits per heavy atom. The van der Waals surface area contributed by atoms with E-state index in [4.69, 9.17) is 0 Å². The number of rotatable bonds is 2. The van der Waals surface area contributed by atoms with Crippen LogP contribution in [0.25, 0.3) is 0 Å². The topological polar surface area (TPSA) is 25.8 Å². The molecule has 0 N–H and O–H groups in total. The number of aromatic nitrogens is 2. The third-order valence-corrected chi connectivity index (χ3v) is 5.43. The summed E-state index contributed by atoms with van der Waals surface area (Å²) in [4.78, 5) is 8.50. The molecule has 2 aliphatic carbocycles. The fourth-order valence-corrected chi connectivity index (χ4v) is 3.93. The molecule has 0 atom stereocenters. The van der Waals surface area contributed by atoms with E-state index in [-0.39, 0.29) is 37.5 Å². The number of hydrogen-bond donors (Lipinski definition) is 0. The van der Waals surface area contributed by atoms with Crippen LogP contribution >= 0.6 is 15.9 Å². The maximum atomic E-state index is 13.0. The lowest BCUT2D eigenvalue weighted by Gasteiger charge is -2.34. The first-order valence-electron chi connectivity index (χ1n) is 7.62. The lowest BCUT2D eigenvalue weighted by atomic mass is 9.79. The molecule has 8 heteroatoms. The van der Waals surface area contributed by atoms with E-state index >= 15 is 0 Å². The second-order valence-electron chi connectivity index (χ2n) is 6.51. The van der Waals surface area contributed by atoms with Crippen molar-refractivity contribution in [2.45, 2.75) is 62.5 Å². The summed E-state index contributed by atoms with van der Waals surface area (Å²) in [5.41, 5.74) is 0.658. The number of nitrogens with zero attached hydrogens (tertiary/aromatic N) is 2. The lowest BCUT2D eigenvalue weighted by molar-refractivity contribution is -0.182. The fourth-order valence-electron chi connectivity index (χ4n) is 3.42. The maximum Gasteiger partial charge on any atom is 0.391 e. The van der Waals surface area contributed by atoms with Gasteiger partial charge in [-0.25, -0.2) is 18.7 Å². The van der Waals surface area contributed by atoms with Crippen LogP contribution in [0.3, 0.4) is 0 Å². The molecule has 0 saturated heterocycles. The summed E-state index contributed by atoms with van der Waals surface area (Å²) in [5.74, 6) is -3.95. The smallest absolute Gasteiger partial charge is 0.240 e. The van der Waals surface area contributed by atoms with Crippen molar-refractivity contribution < 1.29 is 22.0 Å². The van der Waals surface area contributed by atoms with E-state index in [2.05, 4.69) is 25.9 Å². The van der Waals surface area contributed by atoms with Gasteiger partial charge in [0.15, 0.2) is 0 Å². The molecular weight excluding hydrogens is 383 g/mol. The summed E-state index contributed by atoms with van der Waals surface area (Å²) in [7, 11) is 0. The molecule has 3 rings (SSSR count). The van der Waals surface area contributed by atoms with Gasteiger partial charge >= 0.3 is 6.18 Å². The summed E-state index contributed by atoms with van der Waals surface area (Å²) in [6.45, 7) is 0. The first-order valence-corrected chi connectivity index (χ1v) is 8.42. The zero-order valence-corrected chi connectivity index (χ0v) is 13.8. The molecule has 0 amide bonds. The van der Waals surface area contributed by atoms with Crippen molar-refractivity contribution in [2.24, 2.45) is 5.92 Å². The van der Waals surface area contributed by atoms with Crippen LogP contribution in [0.5, 0.6) is 0 Å². The van der Waals surface area contributed by atoms with Crippen LogP contribution in [0.15, 0.2) is 10.7 Å². The molecule has 1 heterocycles. The van der Waals surface area contributed by atoms with Crippen LogP contribution in [-0.4, -0.2) is 22.1 Å². The van der Waals surface area contributed by atoms with Crippen molar-refractivity contribution in [3.8, 4) is 0 Å². The minimum absolute atomic E-state index is 0.0784. The third-order valence-electron chi connectivity index (χ3n) is 4.82. The molecule has 2 saturated carbocycles. The van der Waals surface area contributed by atoms with Gasteiger partial charge in [-0.1, -0.05) is 0 Å². The van der Waals surface area contributed by atoms with Crippen LogP contribution in [-0.2, 0) is 0 Å². The van der Waals surface area contributed by atoms with Gasteiger partial charge < -0.3 is 0 Å². The van der Waals surface area contributed by atoms with Crippen molar-refractivity contribution in [2.75, 3.05) is 0 Å². The molecule has 0 aliphatic heterocycles. The van der Waals surface area contributed by atoms with E-state index in [9.17, 15) is 22.0 Å². The fraction of sp³-hybridized carbons (Fsp3) is 0.733. The molecule has 1 aromatic rings. The minimum Gasteiger partial charge on any atom is -0.240 e. The quantitative estimate of drug-likeness (QED) is 0.607. The van der Waals surface area contributed by atoms with Gasteiger partial charge in [-0.05, 0) is 41.6 Å². The number of hydrogen-bond acceptors (Lipinski definition) is 2. The van der Waals surface area contributed by atoms with Gasteiger partial charge in [0.2, 0.25) is 5.92 Å². The van der Waals surface area contributed by atoms with Crippen molar-refractivity contribution in [1.82, 2.24) is 9.97 Å². The molecule has 128 valence electrons. The lowest BCUT2D eigenvalue weighted by Crippen LogP contribution is -2.35. The molecule has 2 aliphatic rings. The Labute approximate surface area is 139 Å². The van der Waals surface area contributed by atoms with Gasteiger partial charge in [0.25, 0.3) is 0 Å². The molecular formula is C15H16BrF5N2. The Bertz CT molecular complexity index is 574. The molecule has 0 bridgehead atoms. The average Bonchev–Trinajstić information content (AvgIpc) is 2.44. The van der Waals surface area contributed by atoms with E-state index in [1.165, 1.54) is 6.20 Å². The predicted molar refractivity (Wildman–Crippen MR) is 77.4 cm³/mol. The van der Waals surface area contributed by atoms with Crippen molar-refractivity contribution in [1.29, 1.82) is 0 Å². The number of alkyl halides is 5. The van der Waals surface area contributed by atoms with Gasteiger partial charge in [0.05, 0.1) is 16.1 Å². The van der Waals surface area contributed by atoms with Crippen LogP contribution in [0.1, 0.15) is 61.9 Å². The molecule has 0 spiro atoms. The van der Waals surface area contributed by atoms with Gasteiger partial charge in [0, 0.05) is 30.9 Å². The highest BCUT2D eigenvalue weighted by Crippen LogP contribution is 2.48. The van der Waals surface area contributed by atoms with Gasteiger partial charge in [-0.2, -0.15) is 13.2 Å². The average molecular weight is 399 g/mol. The Hall–Kier alpha value is -0.790. The highest BCUT2D eigenvalue weighted by Gasteiger charge is 2.47. The summed E-state index contributed by atoms with van der Waals surface area (Å²) in [6.07, 6.45) is -2.15. The molecule has 2 nitrogen and oxygen atoms in total. The summed E-state index contributed by atoms with van der Waals surface area (Å²) >= 11 is 3.34. The Morgan fingerprint density at radius 3 is 2.17 bits per heavy atom. The SMILES string of the molecule is FC1(F)CC(c2ncc(Br)c([C@H]3CC[C@@H](C(F)(F)F)CC3)n2)C1. The normalized spacial score (nSPS) is 28.4. The van der Waals surface area contributed by atoms with Crippen LogP contribution in [0, 0.1) is 5.92 Å². The second-order valence-corrected chi connectivity index (χ2v) is 7.37. The molecule has 23 heavy (non-hydrogen) atoms. The molecule has 0 aromatic carbocycles. The third kappa shape index (κ3) is 3.67. The molecule has 1 aromatic heterocycles. The van der Waals surface area contributed by atoms with Crippen LogP contribution in [0.4, 0.5) is 22.0 Å². The predicted octanol–water partition coefficient (Wildman–Crippen LogP) is 5.59. The summed E-state index contributed by atoms with van der Waals surface area (Å²) < 4.78 is 64.8. The van der Waals surface area contributed by atoms with E-state index < -0.39 is 18.0 Å². The highest BCUT2D eigenvalue weighted by atomic mass is 79.9.